The predicted molar refractivity (Wildman–Crippen MR) is 41.2 cm³/mol. The summed E-state index contributed by atoms with van der Waals surface area (Å²) in [7, 11) is 0. The Morgan fingerprint density at radius 1 is 1.40 bits per heavy atom. The van der Waals surface area contributed by atoms with Gasteiger partial charge in [-0.2, -0.15) is 13.2 Å². The van der Waals surface area contributed by atoms with E-state index in [-0.39, 0.29) is 9.58 Å². The van der Waals surface area contributed by atoms with Gasteiger partial charge < -0.3 is 4.57 Å². The highest BCUT2D eigenvalue weighted by Crippen LogP contribution is 2.29. The highest BCUT2D eigenvalue weighted by atomic mass is 19.4. The van der Waals surface area contributed by atoms with Gasteiger partial charge in [0.25, 0.3) is 0 Å². The number of hydrogen-bond acceptors (Lipinski definition) is 4. The second kappa shape index (κ2) is 3.17. The zero-order valence-electron chi connectivity index (χ0n) is 11.0. The molecular weight excluding hydrogens is 216 g/mol. The fourth-order valence-corrected chi connectivity index (χ4v) is 1.05. The number of rotatable bonds is 1. The molecule has 1 aromatic heterocycles. The van der Waals surface area contributed by atoms with Crippen LogP contribution in [0.15, 0.2) is 5.29 Å². The van der Waals surface area contributed by atoms with Crippen LogP contribution in [-0.2, 0) is 19.2 Å². The second-order valence-corrected chi connectivity index (χ2v) is 2.64. The number of hydrogen-bond donors (Lipinski definition) is 0. The van der Waals surface area contributed by atoms with E-state index in [4.69, 9.17) is 5.48 Å². The Kier molecular flexibility index (Phi) is 1.28. The molecule has 6 nitrogen and oxygen atoms in total. The van der Waals surface area contributed by atoms with Crippen molar-refractivity contribution < 1.29 is 18.7 Å². The summed E-state index contributed by atoms with van der Waals surface area (Å²) in [6, 6.07) is 0. The lowest BCUT2D eigenvalue weighted by Gasteiger charge is -2.22. The van der Waals surface area contributed by atoms with Gasteiger partial charge in [0.15, 0.2) is 5.82 Å². The van der Waals surface area contributed by atoms with E-state index in [2.05, 4.69) is 15.5 Å². The normalized spacial score (nSPS) is 27.0. The van der Waals surface area contributed by atoms with E-state index < -0.39 is 37.4 Å². The summed E-state index contributed by atoms with van der Waals surface area (Å²) >= 11 is 0. The molecular formula is C6H6F3N5O. The number of aromatic nitrogens is 3. The largest absolute Gasteiger partial charge is 0.451 e. The number of nitrogens with zero attached hydrogens (tertiary/aromatic N) is 5. The monoisotopic (exact) mass is 226 g/mol. The third-order valence-corrected chi connectivity index (χ3v) is 1.66. The van der Waals surface area contributed by atoms with Crippen molar-refractivity contribution in [3.05, 3.63) is 16.6 Å². The summed E-state index contributed by atoms with van der Waals surface area (Å²) in [6.07, 6.45) is -4.99. The molecule has 9 heteroatoms. The highest BCUT2D eigenvalue weighted by Gasteiger charge is 2.39. The van der Waals surface area contributed by atoms with Gasteiger partial charge in [0.2, 0.25) is 5.82 Å². The molecule has 0 saturated heterocycles. The van der Waals surface area contributed by atoms with Gasteiger partial charge in [-0.15, -0.1) is 15.1 Å². The molecule has 0 saturated carbocycles. The Bertz CT molecular complexity index is 529. The Hall–Kier alpha value is -1.67. The molecule has 0 fully saturated rings. The van der Waals surface area contributed by atoms with Gasteiger partial charge in [0.1, 0.15) is 0 Å². The first-order valence-electron chi connectivity index (χ1n) is 5.66. The van der Waals surface area contributed by atoms with Crippen molar-refractivity contribution >= 4 is 0 Å². The van der Waals surface area contributed by atoms with Gasteiger partial charge in [-0.1, -0.05) is 0 Å². The fraction of sp³-hybridized carbons (Fsp3) is 0.667. The first-order valence-corrected chi connectivity index (χ1v) is 3.66. The highest BCUT2D eigenvalue weighted by molar-refractivity contribution is 5.01. The van der Waals surface area contributed by atoms with Crippen molar-refractivity contribution in [2.45, 2.75) is 19.2 Å². The van der Waals surface area contributed by atoms with Crippen LogP contribution in [0.1, 0.15) is 17.1 Å². The van der Waals surface area contributed by atoms with Crippen LogP contribution in [0.4, 0.5) is 13.2 Å². The maximum atomic E-state index is 12.7. The molecule has 1 aliphatic heterocycles. The first-order chi connectivity index (χ1) is 8.53. The molecule has 0 amide bonds. The molecule has 1 aromatic rings. The van der Waals surface area contributed by atoms with Gasteiger partial charge in [-0.3, -0.25) is 5.01 Å². The summed E-state index contributed by atoms with van der Waals surface area (Å²) in [5.74, 6) is -2.20. The molecule has 2 rings (SSSR count). The molecule has 2 heterocycles. The van der Waals surface area contributed by atoms with Crippen molar-refractivity contribution in [3.8, 4) is 0 Å². The number of alkyl halides is 3. The minimum Gasteiger partial charge on any atom is -0.304 e. The summed E-state index contributed by atoms with van der Waals surface area (Å²) in [6.45, 7) is -6.98. The van der Waals surface area contributed by atoms with Gasteiger partial charge >= 0.3 is 6.18 Å². The molecule has 0 aromatic carbocycles. The van der Waals surface area contributed by atoms with Crippen molar-refractivity contribution in [3.63, 3.8) is 0 Å². The average molecular weight is 226 g/mol. The van der Waals surface area contributed by atoms with Crippen LogP contribution in [0.5, 0.6) is 0 Å². The smallest absolute Gasteiger partial charge is 0.304 e. The lowest BCUT2D eigenvalue weighted by Crippen LogP contribution is -2.31. The van der Waals surface area contributed by atoms with Crippen LogP contribution in [-0.4, -0.2) is 26.3 Å². The summed E-state index contributed by atoms with van der Waals surface area (Å²) in [4.78, 5) is 10.5. The van der Waals surface area contributed by atoms with Crippen LogP contribution >= 0.6 is 0 Å². The predicted octanol–water partition coefficient (Wildman–Crippen LogP) is 0.794. The molecule has 15 heavy (non-hydrogen) atoms. The average Bonchev–Trinajstić information content (AvgIpc) is 2.67. The lowest BCUT2D eigenvalue weighted by molar-refractivity contribution is -0.148. The quantitative estimate of drug-likeness (QED) is 0.524. The molecule has 1 aliphatic rings. The van der Waals surface area contributed by atoms with Gasteiger partial charge in [-0.25, -0.2) is 0 Å². The van der Waals surface area contributed by atoms with Crippen LogP contribution in [0, 0.1) is 4.91 Å². The topological polar surface area (TPSA) is 63.4 Å². The van der Waals surface area contributed by atoms with Crippen LogP contribution in [0.3, 0.4) is 0 Å². The van der Waals surface area contributed by atoms with Crippen LogP contribution < -0.4 is 0 Å². The summed E-state index contributed by atoms with van der Waals surface area (Å²) in [5, 5.41) is 8.36. The fourth-order valence-electron chi connectivity index (χ4n) is 1.05. The maximum absolute atomic E-state index is 12.7. The minimum absolute atomic E-state index is 0.00861. The minimum atomic E-state index is -4.99. The Morgan fingerprint density at radius 2 is 2.13 bits per heavy atom. The van der Waals surface area contributed by atoms with Crippen molar-refractivity contribution in [1.82, 2.24) is 19.8 Å². The molecule has 82 valence electrons. The van der Waals surface area contributed by atoms with Crippen molar-refractivity contribution in [2.75, 3.05) is 6.50 Å². The van der Waals surface area contributed by atoms with E-state index in [0.717, 1.165) is 0 Å². The molecule has 0 aliphatic carbocycles. The Labute approximate surface area is 87.3 Å². The third kappa shape index (κ3) is 1.64. The van der Waals surface area contributed by atoms with Gasteiger partial charge in [-0.05, 0) is 0 Å². The van der Waals surface area contributed by atoms with E-state index in [1.165, 1.54) is 0 Å². The molecule has 0 unspecified atom stereocenters. The van der Waals surface area contributed by atoms with E-state index in [1.807, 2.05) is 0 Å². The molecule has 0 bridgehead atoms. The molecule has 0 radical (unpaired) electrons. The van der Waals surface area contributed by atoms with Crippen LogP contribution in [0.2, 0.25) is 0 Å². The van der Waals surface area contributed by atoms with Crippen LogP contribution in [0.25, 0.3) is 0 Å². The summed E-state index contributed by atoms with van der Waals surface area (Å²) in [5.41, 5.74) is 0. The van der Waals surface area contributed by atoms with Gasteiger partial charge in [0, 0.05) is 6.50 Å². The van der Waals surface area contributed by atoms with Crippen molar-refractivity contribution in [1.29, 1.82) is 0 Å². The van der Waals surface area contributed by atoms with E-state index >= 15 is 0 Å². The SMILES string of the molecule is [2H]C1([2H])N([15N]=O)Cc2nnc(C(F)(F)F)n2C1([2H])[2H]. The maximum Gasteiger partial charge on any atom is 0.451 e. The standard InChI is InChI=1S/C6H6F3N5O/c7-6(8,9)5-11-10-4-3-13(12-15)1-2-14(4)5/h1-3H2/i1D2,2D2,12+1. The Balaban J connectivity index is 2.68. The summed E-state index contributed by atoms with van der Waals surface area (Å²) < 4.78 is 67.9. The first kappa shape index (κ1) is 6.03. The number of fused-ring (bicyclic) bond motifs is 1. The zero-order chi connectivity index (χ0) is 14.6. The van der Waals surface area contributed by atoms with E-state index in [0.29, 0.717) is 0 Å². The van der Waals surface area contributed by atoms with E-state index in [1.54, 1.807) is 0 Å². The van der Waals surface area contributed by atoms with Crippen molar-refractivity contribution in [2.24, 2.45) is 5.29 Å². The lowest BCUT2D eigenvalue weighted by atomic mass is 10.4. The third-order valence-electron chi connectivity index (χ3n) is 1.66. The molecule has 0 N–H and O–H groups in total. The zero-order valence-corrected chi connectivity index (χ0v) is 6.99. The molecule has 0 spiro atoms. The number of halogens is 3. The van der Waals surface area contributed by atoms with E-state index in [9.17, 15) is 18.1 Å². The second-order valence-electron chi connectivity index (χ2n) is 2.64. The number of nitroso groups, excluding NO2 is 1. The Morgan fingerprint density at radius 3 is 2.73 bits per heavy atom. The van der Waals surface area contributed by atoms with Gasteiger partial charge in [0.05, 0.1) is 23.8 Å². The molecule has 0 atom stereocenters.